The Bertz CT molecular complexity index is 2010. The van der Waals surface area contributed by atoms with Crippen molar-refractivity contribution in [1.82, 2.24) is 0 Å². The van der Waals surface area contributed by atoms with Crippen molar-refractivity contribution in [2.75, 3.05) is 39.6 Å². The number of rotatable bonds is 74. The molecule has 17 nitrogen and oxygen atoms in total. The third-order valence-electron chi connectivity index (χ3n) is 16.8. The molecular formula is C77H142O17P2. The van der Waals surface area contributed by atoms with Crippen LogP contribution in [0.15, 0.2) is 48.6 Å². The van der Waals surface area contributed by atoms with Crippen molar-refractivity contribution in [3.05, 3.63) is 48.6 Å². The normalized spacial score (nSPS) is 14.2. The maximum atomic E-state index is 13.1. The summed E-state index contributed by atoms with van der Waals surface area (Å²) in [5.41, 5.74) is 0. The highest BCUT2D eigenvalue weighted by atomic mass is 31.2. The van der Waals surface area contributed by atoms with E-state index in [0.29, 0.717) is 25.7 Å². The van der Waals surface area contributed by atoms with Gasteiger partial charge in [-0.25, -0.2) is 9.13 Å². The standard InChI is InChI=1S/C77H142O17P2/c1-5-9-13-17-21-25-29-33-35-39-43-47-51-55-59-63-76(81)93-72(67-87-74(79)61-57-53-49-45-41-37-31-27-23-19-15-11-7-3)69-91-95(83,84)89-65-71(78)66-90-96(85,86)92-70-73(68-88-75(80)62-58-54-50-46-42-38-32-28-24-20-16-12-8-4)94-77(82)64-60-56-52-48-44-40-36-34-30-26-22-18-14-10-6-2/h21,25-26,30,33-36,71-73,78H,5-20,22-24,27-29,31-32,37-70H2,1-4H3,(H,83,84)(H,85,86)/b25-21-,30-26-,35-33-,36-34-/t71-,72+,73+/m0/s1. The maximum Gasteiger partial charge on any atom is 0.472 e. The van der Waals surface area contributed by atoms with Crippen LogP contribution in [0.3, 0.4) is 0 Å². The minimum atomic E-state index is -4.97. The molecule has 0 aromatic carbocycles. The number of unbranched alkanes of at least 4 members (excludes halogenated alkanes) is 41. The average molecular weight is 1400 g/mol. The number of phosphoric ester groups is 2. The van der Waals surface area contributed by atoms with Crippen molar-refractivity contribution in [3.8, 4) is 0 Å². The number of esters is 4. The van der Waals surface area contributed by atoms with Gasteiger partial charge in [0.05, 0.1) is 26.4 Å². The van der Waals surface area contributed by atoms with E-state index >= 15 is 0 Å². The summed E-state index contributed by atoms with van der Waals surface area (Å²) in [7, 11) is -9.94. The molecule has 19 heteroatoms. The first-order valence-electron chi connectivity index (χ1n) is 38.9. The first-order valence-corrected chi connectivity index (χ1v) is 41.9. The van der Waals surface area contributed by atoms with Crippen LogP contribution < -0.4 is 0 Å². The van der Waals surface area contributed by atoms with Crippen molar-refractivity contribution in [2.24, 2.45) is 0 Å². The van der Waals surface area contributed by atoms with E-state index in [1.807, 2.05) is 0 Å². The van der Waals surface area contributed by atoms with Gasteiger partial charge in [0.15, 0.2) is 12.2 Å². The molecule has 0 spiro atoms. The number of aliphatic hydroxyl groups excluding tert-OH is 1. The monoisotopic (exact) mass is 1400 g/mol. The predicted molar refractivity (Wildman–Crippen MR) is 390 cm³/mol. The molecule has 0 amide bonds. The summed E-state index contributed by atoms with van der Waals surface area (Å²) in [6, 6.07) is 0. The highest BCUT2D eigenvalue weighted by Crippen LogP contribution is 2.45. The molecule has 0 bridgehead atoms. The highest BCUT2D eigenvalue weighted by molar-refractivity contribution is 7.47. The van der Waals surface area contributed by atoms with Crippen molar-refractivity contribution < 1.29 is 80.2 Å². The van der Waals surface area contributed by atoms with E-state index in [9.17, 15) is 43.2 Å². The molecule has 0 heterocycles. The fourth-order valence-electron chi connectivity index (χ4n) is 10.8. The van der Waals surface area contributed by atoms with E-state index in [2.05, 4.69) is 76.3 Å². The molecule has 0 radical (unpaired) electrons. The van der Waals surface area contributed by atoms with Gasteiger partial charge >= 0.3 is 39.5 Å². The van der Waals surface area contributed by atoms with Gasteiger partial charge in [0, 0.05) is 25.7 Å². The van der Waals surface area contributed by atoms with E-state index in [1.165, 1.54) is 161 Å². The summed E-state index contributed by atoms with van der Waals surface area (Å²) >= 11 is 0. The molecule has 0 saturated carbocycles. The van der Waals surface area contributed by atoms with Gasteiger partial charge < -0.3 is 33.8 Å². The van der Waals surface area contributed by atoms with Crippen molar-refractivity contribution in [2.45, 2.75) is 380 Å². The van der Waals surface area contributed by atoms with Gasteiger partial charge in [-0.2, -0.15) is 0 Å². The quantitative estimate of drug-likeness (QED) is 0.0128. The third kappa shape index (κ3) is 69.5. The van der Waals surface area contributed by atoms with Crippen molar-refractivity contribution >= 4 is 39.5 Å². The van der Waals surface area contributed by atoms with Gasteiger partial charge in [-0.15, -0.1) is 0 Å². The fraction of sp³-hybridized carbons (Fsp3) is 0.844. The summed E-state index contributed by atoms with van der Waals surface area (Å²) in [4.78, 5) is 72.8. The Hall–Kier alpha value is -2.98. The Balaban J connectivity index is 5.33. The van der Waals surface area contributed by atoms with E-state index in [-0.39, 0.29) is 25.7 Å². The first-order chi connectivity index (χ1) is 46.7. The lowest BCUT2D eigenvalue weighted by molar-refractivity contribution is -0.161. The number of ether oxygens (including phenoxy) is 4. The summed E-state index contributed by atoms with van der Waals surface area (Å²) in [6.45, 7) is 4.86. The van der Waals surface area contributed by atoms with E-state index in [0.717, 1.165) is 122 Å². The SMILES string of the molecule is CCCCC/C=C\C/C=C\CCCCCCCC(=O)O[C@H](COC(=O)CCCCCCCCCCCCCCC)COP(=O)(O)OC[C@H](O)COP(=O)(O)OC[C@@H](COC(=O)CCCCCCCCCCCCCCC)OC(=O)CCCCCCC/C=C\C=C/CCCCCC. The van der Waals surface area contributed by atoms with Crippen LogP contribution in [-0.2, 0) is 65.4 Å². The number of carbonyl (C=O) groups is 4. The van der Waals surface area contributed by atoms with Crippen LogP contribution in [-0.4, -0.2) is 96.7 Å². The Morgan fingerprint density at radius 2 is 0.542 bits per heavy atom. The first kappa shape index (κ1) is 93.0. The summed E-state index contributed by atoms with van der Waals surface area (Å²) in [6.07, 6.45) is 66.6. The molecule has 0 aliphatic heterocycles. The number of hydrogen-bond acceptors (Lipinski definition) is 15. The lowest BCUT2D eigenvalue weighted by Crippen LogP contribution is -2.30. The van der Waals surface area contributed by atoms with Crippen LogP contribution in [0.25, 0.3) is 0 Å². The zero-order chi connectivity index (χ0) is 70.4. The zero-order valence-corrected chi connectivity index (χ0v) is 63.1. The van der Waals surface area contributed by atoms with Crippen LogP contribution >= 0.6 is 15.6 Å². The molecule has 0 fully saturated rings. The lowest BCUT2D eigenvalue weighted by atomic mass is 10.0. The molecule has 0 aromatic rings. The van der Waals surface area contributed by atoms with Crippen LogP contribution in [0.1, 0.15) is 362 Å². The molecule has 0 aromatic heterocycles. The second-order valence-corrected chi connectivity index (χ2v) is 29.2. The second-order valence-electron chi connectivity index (χ2n) is 26.3. The Labute approximate surface area is 585 Å². The lowest BCUT2D eigenvalue weighted by Gasteiger charge is -2.21. The molecular weight excluding hydrogens is 1260 g/mol. The third-order valence-corrected chi connectivity index (χ3v) is 18.7. The summed E-state index contributed by atoms with van der Waals surface area (Å²) in [5, 5.41) is 10.6. The Morgan fingerprint density at radius 1 is 0.302 bits per heavy atom. The van der Waals surface area contributed by atoms with Crippen molar-refractivity contribution in [3.63, 3.8) is 0 Å². The molecule has 562 valence electrons. The van der Waals surface area contributed by atoms with Gasteiger partial charge in [-0.05, 0) is 83.5 Å². The fourth-order valence-corrected chi connectivity index (χ4v) is 12.4. The predicted octanol–water partition coefficient (Wildman–Crippen LogP) is 22.1. The summed E-state index contributed by atoms with van der Waals surface area (Å²) < 4.78 is 68.5. The zero-order valence-electron chi connectivity index (χ0n) is 61.3. The molecule has 0 saturated heterocycles. The minimum absolute atomic E-state index is 0.0834. The van der Waals surface area contributed by atoms with Crippen LogP contribution in [0.2, 0.25) is 0 Å². The molecule has 2 unspecified atom stereocenters. The van der Waals surface area contributed by atoms with Gasteiger partial charge in [0.25, 0.3) is 0 Å². The van der Waals surface area contributed by atoms with Gasteiger partial charge in [-0.3, -0.25) is 37.3 Å². The van der Waals surface area contributed by atoms with Gasteiger partial charge in [0.2, 0.25) is 0 Å². The maximum absolute atomic E-state index is 13.1. The summed E-state index contributed by atoms with van der Waals surface area (Å²) in [5.74, 6) is -2.17. The Morgan fingerprint density at radius 3 is 0.865 bits per heavy atom. The molecule has 0 rings (SSSR count). The van der Waals surface area contributed by atoms with E-state index in [1.54, 1.807) is 0 Å². The molecule has 0 aliphatic rings. The van der Waals surface area contributed by atoms with E-state index in [4.69, 9.17) is 37.0 Å². The molecule has 5 atom stereocenters. The minimum Gasteiger partial charge on any atom is -0.462 e. The Kier molecular flexibility index (Phi) is 68.3. The highest BCUT2D eigenvalue weighted by Gasteiger charge is 2.30. The smallest absolute Gasteiger partial charge is 0.462 e. The van der Waals surface area contributed by atoms with Crippen molar-refractivity contribution in [1.29, 1.82) is 0 Å². The van der Waals surface area contributed by atoms with Gasteiger partial charge in [0.1, 0.15) is 19.3 Å². The van der Waals surface area contributed by atoms with Crippen LogP contribution in [0.4, 0.5) is 0 Å². The number of allylic oxidation sites excluding steroid dienone is 8. The number of hydrogen-bond donors (Lipinski definition) is 3. The van der Waals surface area contributed by atoms with E-state index < -0.39 is 97.5 Å². The topological polar surface area (TPSA) is 237 Å². The van der Waals surface area contributed by atoms with Crippen LogP contribution in [0, 0.1) is 0 Å². The van der Waals surface area contributed by atoms with Gasteiger partial charge in [-0.1, -0.05) is 301 Å². The molecule has 3 N–H and O–H groups in total. The average Bonchev–Trinajstić information content (AvgIpc) is 1.19. The number of phosphoric acid groups is 2. The number of carbonyl (C=O) groups excluding carboxylic acids is 4. The largest absolute Gasteiger partial charge is 0.472 e. The van der Waals surface area contributed by atoms with Crippen LogP contribution in [0.5, 0.6) is 0 Å². The molecule has 0 aliphatic carbocycles. The number of aliphatic hydroxyl groups is 1. The molecule has 96 heavy (non-hydrogen) atoms. The second kappa shape index (κ2) is 70.5.